The van der Waals surface area contributed by atoms with Gasteiger partial charge in [0.05, 0.1) is 10.6 Å². The van der Waals surface area contributed by atoms with Crippen LogP contribution in [0.2, 0.25) is 5.02 Å². The quantitative estimate of drug-likeness (QED) is 0.693. The van der Waals surface area contributed by atoms with E-state index >= 15 is 0 Å². The molecule has 0 radical (unpaired) electrons. The average molecular weight is 356 g/mol. The van der Waals surface area contributed by atoms with E-state index in [-0.39, 0.29) is 5.91 Å². The van der Waals surface area contributed by atoms with Gasteiger partial charge in [0, 0.05) is 25.6 Å². The van der Waals surface area contributed by atoms with Crippen LogP contribution < -0.4 is 0 Å². The molecule has 0 aliphatic heterocycles. The fourth-order valence-electron chi connectivity index (χ4n) is 2.49. The highest BCUT2D eigenvalue weighted by atomic mass is 35.5. The number of benzene rings is 2. The summed E-state index contributed by atoms with van der Waals surface area (Å²) in [6.07, 6.45) is 0.502. The number of carbonyl (C=O) groups excluding carboxylic acids is 1. The van der Waals surface area contributed by atoms with Crippen LogP contribution in [0.1, 0.15) is 21.7 Å². The van der Waals surface area contributed by atoms with Crippen molar-refractivity contribution in [3.63, 3.8) is 0 Å². The van der Waals surface area contributed by atoms with Crippen LogP contribution in [0.4, 0.5) is 0 Å². The van der Waals surface area contributed by atoms with E-state index in [9.17, 15) is 4.79 Å². The summed E-state index contributed by atoms with van der Waals surface area (Å²) in [5.74, 6) is 0.903. The van der Waals surface area contributed by atoms with Gasteiger partial charge >= 0.3 is 0 Å². The molecular weight excluding hydrogens is 338 g/mol. The second-order valence-corrected chi connectivity index (χ2v) is 6.19. The Morgan fingerprint density at radius 2 is 1.88 bits per heavy atom. The molecule has 1 heterocycles. The average Bonchev–Trinajstić information content (AvgIpc) is 3.08. The summed E-state index contributed by atoms with van der Waals surface area (Å²) >= 11 is 6.14. The standard InChI is InChI=1S/C19H18ClN3O2/c1-13-7-3-4-8-14(13)19(24)23(2)12-11-17-21-18(25-22-17)15-9-5-6-10-16(15)20/h3-10H,11-12H2,1-2H3. The number of nitrogens with zero attached hydrogens (tertiary/aromatic N) is 3. The summed E-state index contributed by atoms with van der Waals surface area (Å²) in [4.78, 5) is 18.5. The SMILES string of the molecule is Cc1ccccc1C(=O)N(C)CCc1noc(-c2ccccc2Cl)n1. The molecular formula is C19H18ClN3O2. The van der Waals surface area contributed by atoms with Crippen LogP contribution >= 0.6 is 11.6 Å². The van der Waals surface area contributed by atoms with Crippen molar-refractivity contribution in [2.24, 2.45) is 0 Å². The van der Waals surface area contributed by atoms with Crippen molar-refractivity contribution in [3.8, 4) is 11.5 Å². The number of hydrogen-bond donors (Lipinski definition) is 0. The van der Waals surface area contributed by atoms with E-state index in [0.717, 1.165) is 5.56 Å². The van der Waals surface area contributed by atoms with Gasteiger partial charge in [-0.2, -0.15) is 4.98 Å². The Labute approximate surface area is 151 Å². The first-order chi connectivity index (χ1) is 12.1. The lowest BCUT2D eigenvalue weighted by Gasteiger charge is -2.17. The summed E-state index contributed by atoms with van der Waals surface area (Å²) in [6.45, 7) is 2.42. The lowest BCUT2D eigenvalue weighted by atomic mass is 10.1. The molecule has 0 atom stereocenters. The van der Waals surface area contributed by atoms with Gasteiger partial charge in [-0.05, 0) is 30.7 Å². The van der Waals surface area contributed by atoms with Gasteiger partial charge in [0.25, 0.3) is 11.8 Å². The molecule has 2 aromatic carbocycles. The molecule has 0 N–H and O–H groups in total. The first-order valence-electron chi connectivity index (χ1n) is 7.95. The van der Waals surface area contributed by atoms with Crippen molar-refractivity contribution in [2.45, 2.75) is 13.3 Å². The summed E-state index contributed by atoms with van der Waals surface area (Å²) in [7, 11) is 1.77. The first-order valence-corrected chi connectivity index (χ1v) is 8.32. The van der Waals surface area contributed by atoms with E-state index in [1.807, 2.05) is 49.4 Å². The van der Waals surface area contributed by atoms with Crippen molar-refractivity contribution >= 4 is 17.5 Å². The van der Waals surface area contributed by atoms with Crippen LogP contribution in [0.15, 0.2) is 53.1 Å². The van der Waals surface area contributed by atoms with E-state index in [1.165, 1.54) is 0 Å². The predicted molar refractivity (Wildman–Crippen MR) is 96.6 cm³/mol. The lowest BCUT2D eigenvalue weighted by molar-refractivity contribution is 0.0795. The third-order valence-corrected chi connectivity index (χ3v) is 4.29. The highest BCUT2D eigenvalue weighted by molar-refractivity contribution is 6.33. The molecule has 0 spiro atoms. The number of amides is 1. The molecule has 3 rings (SSSR count). The number of aromatic nitrogens is 2. The monoisotopic (exact) mass is 355 g/mol. The predicted octanol–water partition coefficient (Wildman–Crippen LogP) is 4.01. The van der Waals surface area contributed by atoms with Gasteiger partial charge < -0.3 is 9.42 Å². The van der Waals surface area contributed by atoms with Gasteiger partial charge in [0.15, 0.2) is 5.82 Å². The van der Waals surface area contributed by atoms with Crippen molar-refractivity contribution in [3.05, 3.63) is 70.5 Å². The van der Waals surface area contributed by atoms with Crippen LogP contribution in [0.5, 0.6) is 0 Å². The van der Waals surface area contributed by atoms with Gasteiger partial charge in [-0.15, -0.1) is 0 Å². The van der Waals surface area contributed by atoms with E-state index < -0.39 is 0 Å². The van der Waals surface area contributed by atoms with Crippen LogP contribution in [0.25, 0.3) is 11.5 Å². The van der Waals surface area contributed by atoms with Crippen molar-refractivity contribution in [1.82, 2.24) is 15.0 Å². The molecule has 1 amide bonds. The second-order valence-electron chi connectivity index (χ2n) is 5.79. The van der Waals surface area contributed by atoms with Gasteiger partial charge in [-0.1, -0.05) is 47.1 Å². The van der Waals surface area contributed by atoms with E-state index in [2.05, 4.69) is 10.1 Å². The number of halogens is 1. The zero-order chi connectivity index (χ0) is 17.8. The lowest BCUT2D eigenvalue weighted by Crippen LogP contribution is -2.29. The van der Waals surface area contributed by atoms with Crippen molar-refractivity contribution in [1.29, 1.82) is 0 Å². The normalized spacial score (nSPS) is 10.7. The summed E-state index contributed by atoms with van der Waals surface area (Å²) in [5, 5.41) is 4.53. The fourth-order valence-corrected chi connectivity index (χ4v) is 2.70. The molecule has 0 unspecified atom stereocenters. The van der Waals surface area contributed by atoms with Gasteiger partial charge in [0.1, 0.15) is 0 Å². The zero-order valence-electron chi connectivity index (χ0n) is 14.1. The smallest absolute Gasteiger partial charge is 0.259 e. The zero-order valence-corrected chi connectivity index (χ0v) is 14.8. The van der Waals surface area contributed by atoms with Crippen LogP contribution in [0, 0.1) is 6.92 Å². The van der Waals surface area contributed by atoms with Crippen molar-refractivity contribution in [2.75, 3.05) is 13.6 Å². The number of likely N-dealkylation sites (N-methyl/N-ethyl adjacent to an activating group) is 1. The molecule has 5 nitrogen and oxygen atoms in total. The second kappa shape index (κ2) is 7.49. The molecule has 3 aromatic rings. The third-order valence-electron chi connectivity index (χ3n) is 3.97. The van der Waals surface area contributed by atoms with Gasteiger partial charge in [0.2, 0.25) is 0 Å². The molecule has 25 heavy (non-hydrogen) atoms. The molecule has 6 heteroatoms. The van der Waals surface area contributed by atoms with Gasteiger partial charge in [-0.3, -0.25) is 4.79 Å². The molecule has 0 saturated carbocycles. The Hall–Kier alpha value is -2.66. The fraction of sp³-hybridized carbons (Fsp3) is 0.211. The molecule has 0 aliphatic rings. The first kappa shape index (κ1) is 17.2. The Bertz CT molecular complexity index is 892. The van der Waals surface area contributed by atoms with Gasteiger partial charge in [-0.25, -0.2) is 0 Å². The molecule has 0 aliphatic carbocycles. The summed E-state index contributed by atoms with van der Waals surface area (Å²) in [6, 6.07) is 14.8. The molecule has 0 bridgehead atoms. The highest BCUT2D eigenvalue weighted by Crippen LogP contribution is 2.25. The highest BCUT2D eigenvalue weighted by Gasteiger charge is 2.16. The minimum Gasteiger partial charge on any atom is -0.341 e. The molecule has 128 valence electrons. The molecule has 1 aromatic heterocycles. The van der Waals surface area contributed by atoms with Crippen LogP contribution in [-0.4, -0.2) is 34.5 Å². The number of hydrogen-bond acceptors (Lipinski definition) is 4. The largest absolute Gasteiger partial charge is 0.341 e. The number of aryl methyl sites for hydroxylation is 1. The maximum atomic E-state index is 12.5. The minimum atomic E-state index is -0.0204. The Morgan fingerprint density at radius 3 is 2.64 bits per heavy atom. The third kappa shape index (κ3) is 3.88. The topological polar surface area (TPSA) is 59.2 Å². The van der Waals surface area contributed by atoms with Crippen molar-refractivity contribution < 1.29 is 9.32 Å². The maximum Gasteiger partial charge on any atom is 0.259 e. The number of carbonyl (C=O) groups is 1. The van der Waals surface area contributed by atoms with Crippen LogP contribution in [0.3, 0.4) is 0 Å². The van der Waals surface area contributed by atoms with E-state index in [0.29, 0.717) is 40.8 Å². The molecule has 0 saturated heterocycles. The van der Waals surface area contributed by atoms with E-state index in [1.54, 1.807) is 18.0 Å². The Balaban J connectivity index is 1.65. The summed E-state index contributed by atoms with van der Waals surface area (Å²) < 4.78 is 5.28. The van der Waals surface area contributed by atoms with Crippen LogP contribution in [-0.2, 0) is 6.42 Å². The maximum absolute atomic E-state index is 12.5. The summed E-state index contributed by atoms with van der Waals surface area (Å²) in [5.41, 5.74) is 2.36. The Morgan fingerprint density at radius 1 is 1.16 bits per heavy atom. The number of rotatable bonds is 5. The van der Waals surface area contributed by atoms with E-state index in [4.69, 9.17) is 16.1 Å². The Kier molecular flexibility index (Phi) is 5.14. The minimum absolute atomic E-state index is 0.0204. The molecule has 0 fully saturated rings.